The minimum atomic E-state index is 0. The van der Waals surface area contributed by atoms with Gasteiger partial charge in [-0.3, -0.25) is 0 Å². The Labute approximate surface area is 118 Å². The molecule has 0 atom stereocenters. The molecule has 0 rings (SSSR count). The third-order valence-corrected chi connectivity index (χ3v) is 1.34. The fourth-order valence-electron chi connectivity index (χ4n) is 0.671. The number of hydrogen-bond donors (Lipinski definition) is 0. The molecule has 0 aliphatic heterocycles. The first-order valence-corrected chi connectivity index (χ1v) is 6.14. The van der Waals surface area contributed by atoms with Crippen molar-refractivity contribution in [3.05, 3.63) is 16.0 Å². The van der Waals surface area contributed by atoms with E-state index in [-0.39, 0.29) is 21.7 Å². The predicted molar refractivity (Wildman–Crippen MR) is 73.3 cm³/mol. The van der Waals surface area contributed by atoms with Crippen molar-refractivity contribution in [2.24, 2.45) is 0 Å². The molecule has 3 nitrogen and oxygen atoms in total. The first-order valence-electron chi connectivity index (χ1n) is 6.14. The number of nitrogens with zero attached hydrogens (tertiary/aromatic N) is 3. The average Bonchev–Trinajstić information content (AvgIpc) is 2.23. The SMILES string of the molecule is CC[N-]CC.CC[N-]CC.CC[N-]CC.[Ti+3]. The van der Waals surface area contributed by atoms with Crippen LogP contribution in [0.25, 0.3) is 16.0 Å². The Morgan fingerprint density at radius 1 is 0.438 bits per heavy atom. The van der Waals surface area contributed by atoms with Crippen LogP contribution in [-0.4, -0.2) is 39.3 Å². The molecule has 0 spiro atoms. The van der Waals surface area contributed by atoms with Crippen LogP contribution in [0.1, 0.15) is 41.5 Å². The molecule has 0 heterocycles. The fourth-order valence-corrected chi connectivity index (χ4v) is 0.671. The van der Waals surface area contributed by atoms with Crippen LogP contribution in [0.15, 0.2) is 0 Å². The molecule has 0 aromatic heterocycles. The molecule has 0 saturated heterocycles. The molecule has 16 heavy (non-hydrogen) atoms. The summed E-state index contributed by atoms with van der Waals surface area (Å²) in [6.45, 7) is 18.1. The molecule has 4 heteroatoms. The second kappa shape index (κ2) is 36.1. The second-order valence-electron chi connectivity index (χ2n) is 2.57. The molecule has 0 aliphatic rings. The Morgan fingerprint density at radius 3 is 0.562 bits per heavy atom. The molecular formula is C12H30N3Ti. The van der Waals surface area contributed by atoms with Crippen LogP contribution in [-0.2, 0) is 21.7 Å². The van der Waals surface area contributed by atoms with Crippen molar-refractivity contribution in [2.45, 2.75) is 41.5 Å². The molecule has 0 bridgehead atoms. The molecule has 0 fully saturated rings. The minimum absolute atomic E-state index is 0. The van der Waals surface area contributed by atoms with E-state index in [1.165, 1.54) is 0 Å². The third-order valence-electron chi connectivity index (χ3n) is 1.34. The van der Waals surface area contributed by atoms with Crippen molar-refractivity contribution < 1.29 is 21.7 Å². The van der Waals surface area contributed by atoms with E-state index in [1.54, 1.807) is 0 Å². The van der Waals surface area contributed by atoms with E-state index < -0.39 is 0 Å². The normalized spacial score (nSPS) is 7.88. The van der Waals surface area contributed by atoms with Crippen LogP contribution < -0.4 is 0 Å². The monoisotopic (exact) mass is 264 g/mol. The third kappa shape index (κ3) is 62.0. The first-order chi connectivity index (χ1) is 7.24. The zero-order valence-electron chi connectivity index (χ0n) is 12.1. The number of hydrogen-bond acceptors (Lipinski definition) is 0. The summed E-state index contributed by atoms with van der Waals surface area (Å²) in [7, 11) is 0. The molecule has 0 amide bonds. The maximum absolute atomic E-state index is 3.97. The summed E-state index contributed by atoms with van der Waals surface area (Å²) in [6, 6.07) is 0. The summed E-state index contributed by atoms with van der Waals surface area (Å²) in [5.41, 5.74) is 0. The molecule has 97 valence electrons. The van der Waals surface area contributed by atoms with E-state index in [2.05, 4.69) is 16.0 Å². The van der Waals surface area contributed by atoms with Crippen LogP contribution in [0, 0.1) is 0 Å². The van der Waals surface area contributed by atoms with Gasteiger partial charge < -0.3 is 16.0 Å². The van der Waals surface area contributed by atoms with Gasteiger partial charge in [0, 0.05) is 0 Å². The van der Waals surface area contributed by atoms with Gasteiger partial charge in [-0.15, -0.1) is 0 Å². The van der Waals surface area contributed by atoms with Gasteiger partial charge in [-0.1, -0.05) is 41.5 Å². The maximum atomic E-state index is 3.97. The van der Waals surface area contributed by atoms with Crippen molar-refractivity contribution in [1.82, 2.24) is 0 Å². The van der Waals surface area contributed by atoms with Gasteiger partial charge in [-0.2, -0.15) is 39.3 Å². The predicted octanol–water partition coefficient (Wildman–Crippen LogP) is 4.20. The Hall–Kier alpha value is 0.594. The Bertz CT molecular complexity index is 53.0. The molecule has 0 N–H and O–H groups in total. The molecular weight excluding hydrogens is 234 g/mol. The van der Waals surface area contributed by atoms with Gasteiger partial charge in [-0.25, -0.2) is 0 Å². The summed E-state index contributed by atoms with van der Waals surface area (Å²) in [4.78, 5) is 0. The van der Waals surface area contributed by atoms with Gasteiger partial charge in [0.1, 0.15) is 0 Å². The summed E-state index contributed by atoms with van der Waals surface area (Å²) in [5, 5.41) is 11.9. The van der Waals surface area contributed by atoms with Crippen molar-refractivity contribution in [3.63, 3.8) is 0 Å². The van der Waals surface area contributed by atoms with Crippen molar-refractivity contribution in [1.29, 1.82) is 0 Å². The van der Waals surface area contributed by atoms with E-state index in [9.17, 15) is 0 Å². The largest absolute Gasteiger partial charge is 3.00 e. The number of rotatable bonds is 6. The van der Waals surface area contributed by atoms with E-state index in [0.717, 1.165) is 39.3 Å². The second-order valence-corrected chi connectivity index (χ2v) is 2.57. The topological polar surface area (TPSA) is 42.3 Å². The zero-order chi connectivity index (χ0) is 12.4. The molecule has 0 unspecified atom stereocenters. The average molecular weight is 264 g/mol. The fraction of sp³-hybridized carbons (Fsp3) is 1.00. The van der Waals surface area contributed by atoms with E-state index in [1.807, 2.05) is 41.5 Å². The van der Waals surface area contributed by atoms with Crippen LogP contribution in [0.3, 0.4) is 0 Å². The maximum Gasteiger partial charge on any atom is 3.00 e. The quantitative estimate of drug-likeness (QED) is 0.645. The van der Waals surface area contributed by atoms with Gasteiger partial charge in [-0.05, 0) is 0 Å². The Morgan fingerprint density at radius 2 is 0.562 bits per heavy atom. The Kier molecular flexibility index (Phi) is 57.4. The zero-order valence-corrected chi connectivity index (χ0v) is 13.6. The van der Waals surface area contributed by atoms with Gasteiger partial charge >= 0.3 is 21.7 Å². The molecule has 0 saturated carbocycles. The van der Waals surface area contributed by atoms with Gasteiger partial charge in [0.05, 0.1) is 0 Å². The van der Waals surface area contributed by atoms with Crippen LogP contribution in [0.5, 0.6) is 0 Å². The molecule has 0 aromatic rings. The van der Waals surface area contributed by atoms with E-state index >= 15 is 0 Å². The summed E-state index contributed by atoms with van der Waals surface area (Å²) in [6.07, 6.45) is 0. The first kappa shape index (κ1) is 25.4. The molecule has 1 radical (unpaired) electrons. The minimum Gasteiger partial charge on any atom is -0.663 e. The van der Waals surface area contributed by atoms with Crippen LogP contribution >= 0.6 is 0 Å². The summed E-state index contributed by atoms with van der Waals surface area (Å²) < 4.78 is 0. The molecule has 0 aromatic carbocycles. The molecule has 0 aliphatic carbocycles. The van der Waals surface area contributed by atoms with Gasteiger partial charge in [0.25, 0.3) is 0 Å². The van der Waals surface area contributed by atoms with Crippen molar-refractivity contribution in [3.8, 4) is 0 Å². The van der Waals surface area contributed by atoms with Crippen LogP contribution in [0.2, 0.25) is 0 Å². The van der Waals surface area contributed by atoms with E-state index in [4.69, 9.17) is 0 Å². The van der Waals surface area contributed by atoms with Crippen LogP contribution in [0.4, 0.5) is 0 Å². The Balaban J connectivity index is -0.0000000655. The van der Waals surface area contributed by atoms with Crippen molar-refractivity contribution >= 4 is 0 Å². The smallest absolute Gasteiger partial charge is 0.663 e. The standard InChI is InChI=1S/3C4H10N.Ti/c3*1-3-5-4-2;/h3*3-4H2,1-2H3;/q3*-1;+3. The van der Waals surface area contributed by atoms with Crippen molar-refractivity contribution in [2.75, 3.05) is 39.3 Å². The summed E-state index contributed by atoms with van der Waals surface area (Å²) in [5.74, 6) is 0. The van der Waals surface area contributed by atoms with Gasteiger partial charge in [0.2, 0.25) is 0 Å². The summed E-state index contributed by atoms with van der Waals surface area (Å²) >= 11 is 0. The van der Waals surface area contributed by atoms with Gasteiger partial charge in [0.15, 0.2) is 0 Å². The van der Waals surface area contributed by atoms with E-state index in [0.29, 0.717) is 0 Å².